The number of benzene rings is 4. The number of fused-ring (bicyclic) bond motifs is 3. The number of hydrogen-bond donors (Lipinski definition) is 3. The van der Waals surface area contributed by atoms with Gasteiger partial charge in [-0.3, -0.25) is 9.59 Å². The van der Waals surface area contributed by atoms with Gasteiger partial charge in [-0.25, -0.2) is 9.59 Å². The summed E-state index contributed by atoms with van der Waals surface area (Å²) >= 11 is 0. The lowest BCUT2D eigenvalue weighted by Crippen LogP contribution is -2.33. The Morgan fingerprint density at radius 3 is 1.67 bits per heavy atom. The van der Waals surface area contributed by atoms with Crippen LogP contribution in [0.2, 0.25) is 0 Å². The minimum atomic E-state index is -1.57. The first-order valence-corrected chi connectivity index (χ1v) is 22.8. The predicted molar refractivity (Wildman–Crippen MR) is 257 cm³/mol. The van der Waals surface area contributed by atoms with Crippen molar-refractivity contribution in [3.8, 4) is 5.75 Å². The molecule has 352 valence electrons. The zero-order chi connectivity index (χ0) is 48.4. The maximum absolute atomic E-state index is 13.4. The molecule has 0 spiro atoms. The van der Waals surface area contributed by atoms with Crippen molar-refractivity contribution in [3.63, 3.8) is 0 Å². The third-order valence-electron chi connectivity index (χ3n) is 12.1. The van der Waals surface area contributed by atoms with Crippen molar-refractivity contribution in [1.82, 2.24) is 0 Å². The first-order chi connectivity index (χ1) is 31.9. The molecule has 0 bridgehead atoms. The van der Waals surface area contributed by atoms with Gasteiger partial charge in [0.05, 0.1) is 17.8 Å². The molecule has 4 aromatic rings. The molecule has 0 saturated carbocycles. The van der Waals surface area contributed by atoms with Crippen LogP contribution in [0.5, 0.6) is 5.75 Å². The summed E-state index contributed by atoms with van der Waals surface area (Å²) in [6.07, 6.45) is 9.78. The van der Waals surface area contributed by atoms with Crippen LogP contribution >= 0.6 is 0 Å². The van der Waals surface area contributed by atoms with Gasteiger partial charge in [0.25, 0.3) is 0 Å². The standard InChI is InChI=1S/C30H34O5.C26H28O6/c1-19-16-20(2)27-24(17-19)12-9-13-26-28(35-30(4,5)34-26)25(31)15-14-23(21(3)33-29(27)32)18-22-10-7-6-8-11-22;1-16-13-20-9-6-10-21(27)25(30)22(28)12-11-19(15-18-7-4-3-5-8-18)17(2)32-26(31)24(20)23(29)14-16/h6-12,14-17,21,23,26,28H,13,18H2,1-5H3;3-9,11-14,17,19,21,25,27,29-30H,10,15H2,1-2H3/b12-9+,15-14-;9-6+,12-11-/t21-,23-,26-,28+;17-,19-,21-,25-/m00/s1. The van der Waals surface area contributed by atoms with E-state index in [9.17, 15) is 34.5 Å². The Morgan fingerprint density at radius 1 is 0.612 bits per heavy atom. The fourth-order valence-electron chi connectivity index (χ4n) is 8.60. The molecule has 3 N–H and O–H groups in total. The van der Waals surface area contributed by atoms with E-state index >= 15 is 0 Å². The number of ether oxygens (including phenoxy) is 4. The number of esters is 2. The molecule has 3 aliphatic heterocycles. The van der Waals surface area contributed by atoms with Crippen molar-refractivity contribution in [1.29, 1.82) is 0 Å². The highest BCUT2D eigenvalue weighted by Gasteiger charge is 2.44. The average Bonchev–Trinajstić information content (AvgIpc) is 3.59. The van der Waals surface area contributed by atoms with Gasteiger partial charge in [0.15, 0.2) is 17.4 Å². The molecule has 0 aliphatic carbocycles. The second-order valence-electron chi connectivity index (χ2n) is 18.1. The highest BCUT2D eigenvalue weighted by atomic mass is 16.8. The SMILES string of the molecule is Cc1cc(C)c2c(c1)/C=C/C[C@@H]1OC(C)(C)O[C@@H]1C(=O)/C=C\[C@@H](Cc1ccccc1)[C@H](C)OC2=O.Cc1cc(O)c2c(c1)/C=C/C[C@H](O)[C@H](O)C(=O)/C=C\[C@@H](Cc1ccccc1)[C@H](C)OC2=O. The minimum Gasteiger partial charge on any atom is -0.507 e. The van der Waals surface area contributed by atoms with E-state index in [-0.39, 0.29) is 41.3 Å². The van der Waals surface area contributed by atoms with Crippen molar-refractivity contribution < 1.29 is 53.4 Å². The Kier molecular flexibility index (Phi) is 16.9. The Morgan fingerprint density at radius 2 is 1.10 bits per heavy atom. The lowest BCUT2D eigenvalue weighted by atomic mass is 9.92. The summed E-state index contributed by atoms with van der Waals surface area (Å²) in [6.45, 7) is 13.0. The lowest BCUT2D eigenvalue weighted by Gasteiger charge is -2.23. The first-order valence-electron chi connectivity index (χ1n) is 22.8. The summed E-state index contributed by atoms with van der Waals surface area (Å²) in [5, 5.41) is 30.9. The van der Waals surface area contributed by atoms with Crippen molar-refractivity contribution in [2.24, 2.45) is 11.8 Å². The molecular weight excluding hydrogens is 849 g/mol. The van der Waals surface area contributed by atoms with Gasteiger partial charge in [0.1, 0.15) is 35.7 Å². The van der Waals surface area contributed by atoms with Gasteiger partial charge in [0, 0.05) is 11.8 Å². The van der Waals surface area contributed by atoms with E-state index in [1.807, 2.05) is 126 Å². The van der Waals surface area contributed by atoms with Crippen LogP contribution in [0.4, 0.5) is 0 Å². The van der Waals surface area contributed by atoms with Crippen LogP contribution in [-0.2, 0) is 41.4 Å². The number of cyclic esters (lactones) is 2. The monoisotopic (exact) mass is 910 g/mol. The van der Waals surface area contributed by atoms with Gasteiger partial charge < -0.3 is 34.3 Å². The lowest BCUT2D eigenvalue weighted by molar-refractivity contribution is -0.152. The second-order valence-corrected chi connectivity index (χ2v) is 18.1. The molecule has 7 rings (SSSR count). The van der Waals surface area contributed by atoms with Gasteiger partial charge in [0.2, 0.25) is 0 Å². The van der Waals surface area contributed by atoms with Crippen molar-refractivity contribution in [2.45, 2.75) is 117 Å². The van der Waals surface area contributed by atoms with Crippen LogP contribution in [0.25, 0.3) is 12.2 Å². The van der Waals surface area contributed by atoms with Crippen LogP contribution in [0, 0.1) is 32.6 Å². The van der Waals surface area contributed by atoms with Crippen LogP contribution in [-0.4, -0.2) is 81.2 Å². The van der Waals surface area contributed by atoms with Crippen LogP contribution in [0.1, 0.15) is 100 Å². The number of aliphatic hydroxyl groups is 2. The number of rotatable bonds is 4. The van der Waals surface area contributed by atoms with Crippen LogP contribution < -0.4 is 0 Å². The smallest absolute Gasteiger partial charge is 0.342 e. The molecule has 11 heteroatoms. The molecule has 3 aliphatic rings. The molecule has 0 amide bonds. The molecule has 11 nitrogen and oxygen atoms in total. The van der Waals surface area contributed by atoms with E-state index in [2.05, 4.69) is 0 Å². The minimum absolute atomic E-state index is 0.00617. The number of hydrogen-bond acceptors (Lipinski definition) is 11. The number of aryl methyl sites for hydroxylation is 3. The summed E-state index contributed by atoms with van der Waals surface area (Å²) in [5.41, 5.74) is 6.60. The van der Waals surface area contributed by atoms with Crippen LogP contribution in [0.3, 0.4) is 0 Å². The second kappa shape index (κ2) is 22.5. The first kappa shape index (κ1) is 50.2. The van der Waals surface area contributed by atoms with Gasteiger partial charge >= 0.3 is 11.9 Å². The van der Waals surface area contributed by atoms with Crippen molar-refractivity contribution >= 4 is 35.7 Å². The molecule has 67 heavy (non-hydrogen) atoms. The molecule has 0 aromatic heterocycles. The van der Waals surface area contributed by atoms with Crippen LogP contribution in [0.15, 0.2) is 121 Å². The molecule has 1 saturated heterocycles. The van der Waals surface area contributed by atoms with E-state index in [1.54, 1.807) is 44.2 Å². The molecule has 3 heterocycles. The van der Waals surface area contributed by atoms with Crippen molar-refractivity contribution in [2.75, 3.05) is 0 Å². The van der Waals surface area contributed by atoms with Gasteiger partial charge in [-0.15, -0.1) is 0 Å². The van der Waals surface area contributed by atoms with E-state index in [4.69, 9.17) is 18.9 Å². The van der Waals surface area contributed by atoms with E-state index in [0.717, 1.165) is 33.4 Å². The Balaban J connectivity index is 0.000000222. The normalized spacial score (nSPS) is 27.5. The number of aliphatic hydroxyl groups excluding tert-OH is 2. The highest BCUT2D eigenvalue weighted by molar-refractivity contribution is 5.98. The average molecular weight is 911 g/mol. The van der Waals surface area contributed by atoms with Gasteiger partial charge in [-0.2, -0.15) is 0 Å². The fourth-order valence-corrected chi connectivity index (χ4v) is 8.60. The number of phenols is 1. The largest absolute Gasteiger partial charge is 0.507 e. The zero-order valence-electron chi connectivity index (χ0n) is 39.3. The Hall–Kier alpha value is -6.24. The summed E-state index contributed by atoms with van der Waals surface area (Å²) in [5.74, 6) is -3.39. The third-order valence-corrected chi connectivity index (χ3v) is 12.1. The van der Waals surface area contributed by atoms with E-state index in [1.165, 1.54) is 12.1 Å². The quantitative estimate of drug-likeness (QED) is 0.167. The summed E-state index contributed by atoms with van der Waals surface area (Å²) < 4.78 is 23.7. The van der Waals surface area contributed by atoms with Crippen molar-refractivity contribution in [3.05, 3.63) is 171 Å². The maximum atomic E-state index is 13.4. The predicted octanol–water partition coefficient (Wildman–Crippen LogP) is 9.14. The Labute approximate surface area is 393 Å². The molecule has 8 atom stereocenters. The van der Waals surface area contributed by atoms with Gasteiger partial charge in [-0.1, -0.05) is 121 Å². The van der Waals surface area contributed by atoms with E-state index < -0.39 is 54.2 Å². The number of ketones is 2. The molecule has 4 aromatic carbocycles. The zero-order valence-corrected chi connectivity index (χ0v) is 39.3. The summed E-state index contributed by atoms with van der Waals surface area (Å²) in [7, 11) is 0. The maximum Gasteiger partial charge on any atom is 0.342 e. The number of carbonyl (C=O) groups is 4. The topological polar surface area (TPSA) is 166 Å². The molecular formula is C56H62O11. The summed E-state index contributed by atoms with van der Waals surface area (Å²) in [6, 6.07) is 26.7. The number of carbonyl (C=O) groups excluding carboxylic acids is 4. The molecule has 0 radical (unpaired) electrons. The fraction of sp³-hybridized carbons (Fsp3) is 0.357. The number of aromatic hydroxyl groups is 1. The van der Waals surface area contributed by atoms with Gasteiger partial charge in [-0.05, 0) is 126 Å². The molecule has 0 unspecified atom stereocenters. The van der Waals surface area contributed by atoms with E-state index in [0.29, 0.717) is 30.4 Å². The third kappa shape index (κ3) is 13.4. The number of phenolic OH excluding ortho intramolecular Hbond substituents is 1. The highest BCUT2D eigenvalue weighted by Crippen LogP contribution is 2.33. The summed E-state index contributed by atoms with van der Waals surface area (Å²) in [4.78, 5) is 51.9. The Bertz CT molecular complexity index is 2520. The molecule has 1 fully saturated rings.